The molecule has 0 radical (unpaired) electrons. The molecule has 0 saturated carbocycles. The minimum absolute atomic E-state index is 0.544. The number of anilines is 1. The van der Waals surface area contributed by atoms with Gasteiger partial charge in [0.15, 0.2) is 17.5 Å². The number of fused-ring (bicyclic) bond motifs is 1. The molecule has 0 saturated heterocycles. The average molecular weight is 420 g/mol. The Morgan fingerprint density at radius 3 is 2.86 bits per heavy atom. The van der Waals surface area contributed by atoms with Gasteiger partial charge in [0.25, 0.3) is 0 Å². The number of hydrogen-bond donors (Lipinski definition) is 2. The number of guanidine groups is 1. The summed E-state index contributed by atoms with van der Waals surface area (Å²) < 4.78 is 22.0. The largest absolute Gasteiger partial charge is 0.490 e. The van der Waals surface area contributed by atoms with Gasteiger partial charge < -0.3 is 29.6 Å². The molecule has 0 amide bonds. The Morgan fingerprint density at radius 1 is 1.14 bits per heavy atom. The lowest BCUT2D eigenvalue weighted by molar-refractivity contribution is 0.0748. The van der Waals surface area contributed by atoms with Crippen molar-refractivity contribution in [3.63, 3.8) is 0 Å². The normalized spacial score (nSPS) is 13.8. The molecule has 2 aromatic rings. The highest BCUT2D eigenvalue weighted by Crippen LogP contribution is 2.32. The highest BCUT2D eigenvalue weighted by molar-refractivity contribution is 7.09. The zero-order chi connectivity index (χ0) is 20.2. The molecule has 0 unspecified atom stereocenters. The predicted molar refractivity (Wildman–Crippen MR) is 117 cm³/mol. The van der Waals surface area contributed by atoms with E-state index in [1.807, 2.05) is 18.2 Å². The van der Waals surface area contributed by atoms with Crippen molar-refractivity contribution < 1.29 is 18.9 Å². The zero-order valence-electron chi connectivity index (χ0n) is 16.8. The lowest BCUT2D eigenvalue weighted by Crippen LogP contribution is -2.32. The highest BCUT2D eigenvalue weighted by Gasteiger charge is 2.11. The molecule has 0 fully saturated rings. The van der Waals surface area contributed by atoms with Crippen molar-refractivity contribution in [1.82, 2.24) is 5.32 Å². The number of hydrogen-bond acceptors (Lipinski definition) is 6. The second-order valence-electron chi connectivity index (χ2n) is 6.43. The van der Waals surface area contributed by atoms with Crippen LogP contribution in [0.3, 0.4) is 0 Å². The van der Waals surface area contributed by atoms with Crippen LogP contribution in [-0.2, 0) is 15.9 Å². The van der Waals surface area contributed by atoms with Gasteiger partial charge in [0, 0.05) is 36.7 Å². The van der Waals surface area contributed by atoms with Gasteiger partial charge in [-0.3, -0.25) is 4.99 Å². The van der Waals surface area contributed by atoms with Gasteiger partial charge in [0.2, 0.25) is 0 Å². The van der Waals surface area contributed by atoms with Crippen molar-refractivity contribution in [3.05, 3.63) is 40.6 Å². The number of rotatable bonds is 10. The SMILES string of the molecule is COCCOCCN=C(NCCc1cccs1)Nc1ccc2c(c1)OCCCO2. The van der Waals surface area contributed by atoms with Crippen molar-refractivity contribution in [2.45, 2.75) is 12.8 Å². The Bertz CT molecular complexity index is 752. The molecule has 8 heteroatoms. The van der Waals surface area contributed by atoms with Crippen LogP contribution in [0, 0.1) is 0 Å². The van der Waals surface area contributed by atoms with E-state index in [1.165, 1.54) is 4.88 Å². The third kappa shape index (κ3) is 7.56. The Hall–Kier alpha value is -2.29. The number of nitrogens with one attached hydrogen (secondary N) is 2. The maximum atomic E-state index is 5.78. The van der Waals surface area contributed by atoms with Crippen LogP contribution in [0.25, 0.3) is 0 Å². The summed E-state index contributed by atoms with van der Waals surface area (Å²) in [6, 6.07) is 10.1. The monoisotopic (exact) mass is 419 g/mol. The summed E-state index contributed by atoms with van der Waals surface area (Å²) in [5, 5.41) is 8.85. The van der Waals surface area contributed by atoms with Gasteiger partial charge in [-0.05, 0) is 30.0 Å². The number of methoxy groups -OCH3 is 1. The van der Waals surface area contributed by atoms with Gasteiger partial charge in [-0.25, -0.2) is 0 Å². The van der Waals surface area contributed by atoms with Crippen molar-refractivity contribution >= 4 is 23.0 Å². The van der Waals surface area contributed by atoms with E-state index >= 15 is 0 Å². The molecule has 1 aliphatic rings. The van der Waals surface area contributed by atoms with E-state index in [9.17, 15) is 0 Å². The summed E-state index contributed by atoms with van der Waals surface area (Å²) in [6.07, 6.45) is 1.83. The molecule has 29 heavy (non-hydrogen) atoms. The van der Waals surface area contributed by atoms with Crippen molar-refractivity contribution in [3.8, 4) is 11.5 Å². The molecule has 2 heterocycles. The molecule has 1 aromatic carbocycles. The first-order valence-corrected chi connectivity index (χ1v) is 10.8. The van der Waals surface area contributed by atoms with Crippen molar-refractivity contribution in [2.75, 3.05) is 58.6 Å². The molecule has 1 aliphatic heterocycles. The van der Waals surface area contributed by atoms with Gasteiger partial charge in [-0.15, -0.1) is 11.3 Å². The van der Waals surface area contributed by atoms with E-state index in [4.69, 9.17) is 18.9 Å². The second kappa shape index (κ2) is 12.3. The number of ether oxygens (including phenoxy) is 4. The topological polar surface area (TPSA) is 73.3 Å². The van der Waals surface area contributed by atoms with Gasteiger partial charge in [-0.2, -0.15) is 0 Å². The summed E-state index contributed by atoms with van der Waals surface area (Å²) in [6.45, 7) is 4.40. The number of benzene rings is 1. The van der Waals surface area contributed by atoms with E-state index in [1.54, 1.807) is 18.4 Å². The molecule has 0 bridgehead atoms. The zero-order valence-corrected chi connectivity index (χ0v) is 17.6. The van der Waals surface area contributed by atoms with Crippen LogP contribution in [0.2, 0.25) is 0 Å². The van der Waals surface area contributed by atoms with Gasteiger partial charge in [-0.1, -0.05) is 6.07 Å². The maximum absolute atomic E-state index is 5.78. The smallest absolute Gasteiger partial charge is 0.195 e. The number of thiophene rings is 1. The first-order valence-electron chi connectivity index (χ1n) is 9.89. The lowest BCUT2D eigenvalue weighted by atomic mass is 10.2. The second-order valence-corrected chi connectivity index (χ2v) is 7.46. The van der Waals surface area contributed by atoms with Crippen LogP contribution < -0.4 is 20.1 Å². The van der Waals surface area contributed by atoms with E-state index in [0.29, 0.717) is 45.5 Å². The average Bonchev–Trinajstić information content (AvgIpc) is 3.14. The molecule has 158 valence electrons. The summed E-state index contributed by atoms with van der Waals surface area (Å²) in [5.74, 6) is 2.25. The van der Waals surface area contributed by atoms with Crippen molar-refractivity contribution in [2.24, 2.45) is 4.99 Å². The first kappa shape index (κ1) is 21.4. The molecular weight excluding hydrogens is 390 g/mol. The molecule has 1 aromatic heterocycles. The van der Waals surface area contributed by atoms with E-state index in [2.05, 4.69) is 33.1 Å². The van der Waals surface area contributed by atoms with Crippen LogP contribution in [0.4, 0.5) is 5.69 Å². The van der Waals surface area contributed by atoms with Crippen molar-refractivity contribution in [1.29, 1.82) is 0 Å². The van der Waals surface area contributed by atoms with Crippen LogP contribution in [0.5, 0.6) is 11.5 Å². The maximum Gasteiger partial charge on any atom is 0.195 e. The Labute approximate surface area is 176 Å². The Kier molecular flexibility index (Phi) is 9.09. The molecule has 3 rings (SSSR count). The van der Waals surface area contributed by atoms with Gasteiger partial charge in [0.05, 0.1) is 39.6 Å². The minimum Gasteiger partial charge on any atom is -0.490 e. The standard InChI is InChI=1S/C21H29N3O4S/c1-25-13-14-26-12-9-23-21(22-8-7-18-4-2-15-29-18)24-17-5-6-19-20(16-17)28-11-3-10-27-19/h2,4-6,15-16H,3,7-14H2,1H3,(H2,22,23,24). The Morgan fingerprint density at radius 2 is 2.03 bits per heavy atom. The third-order valence-electron chi connectivity index (χ3n) is 4.19. The lowest BCUT2D eigenvalue weighted by Gasteiger charge is -2.14. The van der Waals surface area contributed by atoms with Gasteiger partial charge >= 0.3 is 0 Å². The molecule has 0 aliphatic carbocycles. The molecular formula is C21H29N3O4S. The molecule has 7 nitrogen and oxygen atoms in total. The fourth-order valence-electron chi connectivity index (χ4n) is 2.74. The third-order valence-corrected chi connectivity index (χ3v) is 5.13. The highest BCUT2D eigenvalue weighted by atomic mass is 32.1. The van der Waals surface area contributed by atoms with Crippen LogP contribution in [0.1, 0.15) is 11.3 Å². The molecule has 0 atom stereocenters. The molecule has 0 spiro atoms. The fraction of sp³-hybridized carbons (Fsp3) is 0.476. The van der Waals surface area contributed by atoms with E-state index in [0.717, 1.165) is 36.6 Å². The quantitative estimate of drug-likeness (QED) is 0.350. The number of nitrogens with zero attached hydrogens (tertiary/aromatic N) is 1. The minimum atomic E-state index is 0.544. The summed E-state index contributed by atoms with van der Waals surface area (Å²) in [7, 11) is 1.66. The van der Waals surface area contributed by atoms with Gasteiger partial charge in [0.1, 0.15) is 0 Å². The number of aliphatic imine (C=N–C) groups is 1. The fourth-order valence-corrected chi connectivity index (χ4v) is 3.45. The first-order chi connectivity index (χ1) is 14.3. The van der Waals surface area contributed by atoms with E-state index in [-0.39, 0.29) is 0 Å². The summed E-state index contributed by atoms with van der Waals surface area (Å²) >= 11 is 1.76. The van der Waals surface area contributed by atoms with E-state index < -0.39 is 0 Å². The van der Waals surface area contributed by atoms with Crippen LogP contribution >= 0.6 is 11.3 Å². The Balaban J connectivity index is 1.57. The van der Waals surface area contributed by atoms with Crippen LogP contribution in [0.15, 0.2) is 40.7 Å². The molecule has 2 N–H and O–H groups in total. The predicted octanol–water partition coefficient (Wildman–Crippen LogP) is 3.17. The summed E-state index contributed by atoms with van der Waals surface area (Å²) in [5.41, 5.74) is 0.900. The van der Waals surface area contributed by atoms with Crippen LogP contribution in [-0.4, -0.2) is 59.2 Å². The summed E-state index contributed by atoms with van der Waals surface area (Å²) in [4.78, 5) is 5.97.